The first-order valence-corrected chi connectivity index (χ1v) is 13.4. The van der Waals surface area contributed by atoms with Gasteiger partial charge in [0.2, 0.25) is 11.8 Å². The van der Waals surface area contributed by atoms with Crippen LogP contribution < -0.4 is 29.8 Å². The molecule has 0 saturated carbocycles. The molecule has 220 valence electrons. The van der Waals surface area contributed by atoms with Crippen molar-refractivity contribution in [2.45, 2.75) is 19.6 Å². The molecule has 0 aliphatic carbocycles. The molecule has 0 aromatic heterocycles. The van der Waals surface area contributed by atoms with Crippen LogP contribution >= 0.6 is 0 Å². The van der Waals surface area contributed by atoms with E-state index in [-0.39, 0.29) is 0 Å². The summed E-state index contributed by atoms with van der Waals surface area (Å²) in [6, 6.07) is 30.1. The van der Waals surface area contributed by atoms with Crippen LogP contribution in [0.5, 0.6) is 23.0 Å². The van der Waals surface area contributed by atoms with Gasteiger partial charge in [-0.05, 0) is 58.7 Å². The van der Waals surface area contributed by atoms with Crippen LogP contribution in [0.2, 0.25) is 0 Å². The van der Waals surface area contributed by atoms with Crippen molar-refractivity contribution in [2.24, 2.45) is 10.2 Å². The van der Waals surface area contributed by atoms with Crippen LogP contribution in [0.25, 0.3) is 0 Å². The summed E-state index contributed by atoms with van der Waals surface area (Å²) in [7, 11) is 3.09. The number of methoxy groups -OCH3 is 2. The molecule has 0 spiro atoms. The minimum absolute atomic E-state index is 0.400. The van der Waals surface area contributed by atoms with E-state index < -0.39 is 18.2 Å². The Morgan fingerprint density at radius 2 is 1.02 bits per heavy atom. The molecule has 2 N–H and O–H groups in total. The van der Waals surface area contributed by atoms with Crippen LogP contribution in [-0.2, 0) is 22.8 Å². The number of nitrogens with one attached hydrogen (secondary N) is 2. The first kappa shape index (κ1) is 30.3. The first-order chi connectivity index (χ1) is 21.0. The van der Waals surface area contributed by atoms with Crippen molar-refractivity contribution in [2.75, 3.05) is 14.2 Å². The van der Waals surface area contributed by atoms with Crippen LogP contribution in [-0.4, -0.2) is 38.5 Å². The Morgan fingerprint density at radius 1 is 0.605 bits per heavy atom. The van der Waals surface area contributed by atoms with Crippen molar-refractivity contribution >= 4 is 24.2 Å². The van der Waals surface area contributed by atoms with Crippen molar-refractivity contribution in [3.63, 3.8) is 0 Å². The van der Waals surface area contributed by atoms with Gasteiger partial charge in [-0.15, -0.1) is 0 Å². The number of amides is 2. The van der Waals surface area contributed by atoms with E-state index in [0.29, 0.717) is 47.3 Å². The molecule has 4 rings (SSSR count). The van der Waals surface area contributed by atoms with E-state index in [1.807, 2.05) is 60.7 Å². The van der Waals surface area contributed by atoms with Gasteiger partial charge in [0, 0.05) is 0 Å². The molecular weight excluding hydrogens is 548 g/mol. The largest absolute Gasteiger partial charge is 0.493 e. The molecule has 4 aromatic rings. The number of hydrogen-bond acceptors (Lipinski definition) is 8. The first-order valence-electron chi connectivity index (χ1n) is 13.4. The van der Waals surface area contributed by atoms with Crippen molar-refractivity contribution in [3.8, 4) is 23.0 Å². The Labute approximate surface area is 249 Å². The summed E-state index contributed by atoms with van der Waals surface area (Å²) in [5.41, 5.74) is 8.07. The summed E-state index contributed by atoms with van der Waals surface area (Å²) in [4.78, 5) is 24.3. The average Bonchev–Trinajstić information content (AvgIpc) is 3.04. The van der Waals surface area contributed by atoms with Gasteiger partial charge in [-0.3, -0.25) is 9.59 Å². The maximum atomic E-state index is 12.1. The monoisotopic (exact) mass is 580 g/mol. The van der Waals surface area contributed by atoms with Crippen LogP contribution in [0.15, 0.2) is 107 Å². The third-order valence-electron chi connectivity index (χ3n) is 5.98. The molecule has 10 heteroatoms. The van der Waals surface area contributed by atoms with E-state index in [9.17, 15) is 9.59 Å². The standard InChI is InChI=1S/C33H32N4O6/c1-40-30-17-26(13-15-28(30)42-22-24-9-5-3-6-10-24)20-34-36-32(38)19-33(39)37-35-21-27-14-16-29(31(18-27)41-2)43-23-25-11-7-4-8-12-25/h3-18,20-21H,19,22-23H2,1-2H3,(H,36,38)(H,37,39)/b34-20-,35-21-. The van der Waals surface area contributed by atoms with Gasteiger partial charge >= 0.3 is 0 Å². The molecule has 0 aliphatic heterocycles. The molecule has 4 aromatic carbocycles. The molecule has 43 heavy (non-hydrogen) atoms. The number of benzene rings is 4. The molecule has 0 bridgehead atoms. The van der Waals surface area contributed by atoms with Crippen LogP contribution in [0.1, 0.15) is 28.7 Å². The normalized spacial score (nSPS) is 10.8. The SMILES string of the molecule is COc1cc(/C=N\NC(=O)CC(=O)N/N=C\c2ccc(OCc3ccccc3)c(OC)c2)ccc1OCc1ccccc1. The van der Waals surface area contributed by atoms with Crippen LogP contribution in [0.3, 0.4) is 0 Å². The third kappa shape index (κ3) is 9.75. The lowest BCUT2D eigenvalue weighted by molar-refractivity contribution is -0.129. The fourth-order valence-corrected chi connectivity index (χ4v) is 3.82. The summed E-state index contributed by atoms with van der Waals surface area (Å²) in [6.45, 7) is 0.800. The van der Waals surface area contributed by atoms with Gasteiger partial charge in [-0.25, -0.2) is 10.9 Å². The second-order valence-electron chi connectivity index (χ2n) is 9.13. The van der Waals surface area contributed by atoms with Gasteiger partial charge in [0.15, 0.2) is 23.0 Å². The second-order valence-corrected chi connectivity index (χ2v) is 9.13. The molecule has 0 heterocycles. The fourth-order valence-electron chi connectivity index (χ4n) is 3.82. The minimum atomic E-state index is -0.597. The quantitative estimate of drug-likeness (QED) is 0.125. The summed E-state index contributed by atoms with van der Waals surface area (Å²) < 4.78 is 22.5. The Hall–Kier alpha value is -5.64. The highest BCUT2D eigenvalue weighted by Crippen LogP contribution is 2.29. The van der Waals surface area contributed by atoms with E-state index in [2.05, 4.69) is 21.1 Å². The van der Waals surface area contributed by atoms with Gasteiger partial charge in [0.25, 0.3) is 0 Å². The number of carbonyl (C=O) groups is 2. The lowest BCUT2D eigenvalue weighted by Gasteiger charge is -2.11. The van der Waals surface area contributed by atoms with Gasteiger partial charge in [-0.2, -0.15) is 10.2 Å². The number of carbonyl (C=O) groups excluding carboxylic acids is 2. The molecule has 0 radical (unpaired) electrons. The molecule has 0 fully saturated rings. The zero-order valence-corrected chi connectivity index (χ0v) is 23.9. The molecule has 10 nitrogen and oxygen atoms in total. The summed E-state index contributed by atoms with van der Waals surface area (Å²) in [5.74, 6) is 1.01. The molecule has 0 unspecified atom stereocenters. The van der Waals surface area contributed by atoms with E-state index >= 15 is 0 Å². The van der Waals surface area contributed by atoms with Gasteiger partial charge in [0.1, 0.15) is 19.6 Å². The third-order valence-corrected chi connectivity index (χ3v) is 5.98. The maximum absolute atomic E-state index is 12.1. The fraction of sp³-hybridized carbons (Fsp3) is 0.152. The predicted octanol–water partition coefficient (Wildman–Crippen LogP) is 4.85. The molecule has 0 aliphatic rings. The van der Waals surface area contributed by atoms with E-state index in [4.69, 9.17) is 18.9 Å². The summed E-state index contributed by atoms with van der Waals surface area (Å²) in [6.07, 6.45) is 2.43. The lowest BCUT2D eigenvalue weighted by atomic mass is 10.2. The highest BCUT2D eigenvalue weighted by molar-refractivity contribution is 5.97. The minimum Gasteiger partial charge on any atom is -0.493 e. The number of ether oxygens (including phenoxy) is 4. The van der Waals surface area contributed by atoms with E-state index in [1.165, 1.54) is 12.4 Å². The number of hydrazone groups is 2. The van der Waals surface area contributed by atoms with Crippen molar-refractivity contribution < 1.29 is 28.5 Å². The van der Waals surface area contributed by atoms with Gasteiger partial charge in [-0.1, -0.05) is 60.7 Å². The van der Waals surface area contributed by atoms with E-state index in [0.717, 1.165) is 11.1 Å². The van der Waals surface area contributed by atoms with Crippen LogP contribution in [0, 0.1) is 0 Å². The number of hydrogen-bond donors (Lipinski definition) is 2. The highest BCUT2D eigenvalue weighted by Gasteiger charge is 2.09. The number of rotatable bonds is 14. The smallest absolute Gasteiger partial charge is 0.249 e. The highest BCUT2D eigenvalue weighted by atomic mass is 16.5. The maximum Gasteiger partial charge on any atom is 0.249 e. The Bertz CT molecular complexity index is 1440. The van der Waals surface area contributed by atoms with Crippen molar-refractivity contribution in [3.05, 3.63) is 119 Å². The zero-order chi connectivity index (χ0) is 30.3. The van der Waals surface area contributed by atoms with Gasteiger partial charge < -0.3 is 18.9 Å². The van der Waals surface area contributed by atoms with Crippen molar-refractivity contribution in [1.29, 1.82) is 0 Å². The summed E-state index contributed by atoms with van der Waals surface area (Å²) >= 11 is 0. The van der Waals surface area contributed by atoms with E-state index in [1.54, 1.807) is 50.6 Å². The topological polar surface area (TPSA) is 120 Å². The van der Waals surface area contributed by atoms with Gasteiger partial charge in [0.05, 0.1) is 26.6 Å². The van der Waals surface area contributed by atoms with Crippen molar-refractivity contribution in [1.82, 2.24) is 10.9 Å². The second kappa shape index (κ2) is 16.0. The van der Waals surface area contributed by atoms with Crippen LogP contribution in [0.4, 0.5) is 0 Å². The lowest BCUT2D eigenvalue weighted by Crippen LogP contribution is -2.27. The molecule has 0 atom stereocenters. The Balaban J connectivity index is 1.21. The molecule has 2 amide bonds. The molecule has 0 saturated heterocycles. The zero-order valence-electron chi connectivity index (χ0n) is 23.9. The summed E-state index contributed by atoms with van der Waals surface area (Å²) in [5, 5.41) is 7.84. The average molecular weight is 581 g/mol. The Kier molecular flexibility index (Phi) is 11.3. The molecular formula is C33H32N4O6. The number of nitrogens with zero attached hydrogens (tertiary/aromatic N) is 2. The Morgan fingerprint density at radius 3 is 1.42 bits per heavy atom. The predicted molar refractivity (Wildman–Crippen MR) is 164 cm³/mol.